The molecule has 5 rings (SSSR count). The first-order chi connectivity index (χ1) is 21.6. The van der Waals surface area contributed by atoms with Crippen LogP contribution >= 0.6 is 0 Å². The summed E-state index contributed by atoms with van der Waals surface area (Å²) in [6, 6.07) is 6.56. The fourth-order valence-electron chi connectivity index (χ4n) is 6.92. The van der Waals surface area contributed by atoms with Crippen molar-refractivity contribution in [3.05, 3.63) is 75.4 Å². The van der Waals surface area contributed by atoms with Crippen LogP contribution in [0.1, 0.15) is 115 Å². The molecule has 1 amide bonds. The van der Waals surface area contributed by atoms with E-state index in [9.17, 15) is 4.79 Å². The molecule has 238 valence electrons. The first-order valence-corrected chi connectivity index (χ1v) is 16.5. The molecule has 3 aromatic rings. The highest BCUT2D eigenvalue weighted by Gasteiger charge is 2.31. The van der Waals surface area contributed by atoms with Crippen LogP contribution in [-0.2, 0) is 11.2 Å². The topological polar surface area (TPSA) is 97.9 Å². The normalized spacial score (nSPS) is 16.1. The molecule has 0 radical (unpaired) electrons. The van der Waals surface area contributed by atoms with Crippen molar-refractivity contribution in [1.29, 1.82) is 0 Å². The number of carbonyl (C=O) groups is 1. The number of fused-ring (bicyclic) bond motifs is 8. The van der Waals surface area contributed by atoms with Crippen molar-refractivity contribution < 1.29 is 9.90 Å². The molecule has 0 aromatic carbocycles. The van der Waals surface area contributed by atoms with Crippen LogP contribution in [0.4, 0.5) is 0 Å². The SMILES string of the molecule is C=Cc1c(C)c2cc3nc(c(C)c4nc(cc5[nH]c(cc1[nH]2)c(C)c5CC)C(C)=C4)[C@@H](CCC(=O)N(C)CCCCCO)[C@@H]3C. The zero-order chi connectivity index (χ0) is 32.4. The molecule has 0 saturated carbocycles. The largest absolute Gasteiger partial charge is 0.396 e. The van der Waals surface area contributed by atoms with Crippen molar-refractivity contribution in [2.24, 2.45) is 0 Å². The number of H-pyrrole nitrogens is 2. The van der Waals surface area contributed by atoms with Crippen LogP contribution in [0.2, 0.25) is 0 Å². The molecule has 7 heteroatoms. The van der Waals surface area contributed by atoms with Crippen LogP contribution in [0.5, 0.6) is 0 Å². The highest BCUT2D eigenvalue weighted by molar-refractivity contribution is 5.86. The average molecular weight is 608 g/mol. The maximum atomic E-state index is 13.2. The molecule has 0 spiro atoms. The molecule has 3 aromatic heterocycles. The van der Waals surface area contributed by atoms with E-state index >= 15 is 0 Å². The molecular weight excluding hydrogens is 558 g/mol. The number of rotatable bonds is 10. The molecule has 2 atom stereocenters. The zero-order valence-electron chi connectivity index (χ0n) is 28.1. The molecule has 7 nitrogen and oxygen atoms in total. The Labute approximate surface area is 267 Å². The summed E-state index contributed by atoms with van der Waals surface area (Å²) >= 11 is 0. The Morgan fingerprint density at radius 3 is 2.42 bits per heavy atom. The Morgan fingerprint density at radius 2 is 1.71 bits per heavy atom. The number of allylic oxidation sites excluding steroid dienone is 1. The van der Waals surface area contributed by atoms with Gasteiger partial charge in [-0.15, -0.1) is 0 Å². The maximum absolute atomic E-state index is 13.2. The number of aromatic amines is 2. The lowest BCUT2D eigenvalue weighted by Gasteiger charge is -2.21. The summed E-state index contributed by atoms with van der Waals surface area (Å²) < 4.78 is 0. The molecule has 0 aliphatic carbocycles. The summed E-state index contributed by atoms with van der Waals surface area (Å²) in [6.07, 6.45) is 8.81. The van der Waals surface area contributed by atoms with E-state index in [2.05, 4.69) is 82.4 Å². The van der Waals surface area contributed by atoms with Gasteiger partial charge in [-0.2, -0.15) is 0 Å². The number of aliphatic hydroxyl groups excluding tert-OH is 1. The maximum Gasteiger partial charge on any atom is 0.222 e. The van der Waals surface area contributed by atoms with Gasteiger partial charge < -0.3 is 20.0 Å². The Kier molecular flexibility index (Phi) is 9.78. The van der Waals surface area contributed by atoms with Crippen LogP contribution < -0.4 is 0 Å². The van der Waals surface area contributed by atoms with Crippen LogP contribution in [0.25, 0.3) is 39.8 Å². The third-order valence-corrected chi connectivity index (χ3v) is 9.92. The molecule has 2 aliphatic rings. The minimum Gasteiger partial charge on any atom is -0.396 e. The second-order valence-electron chi connectivity index (χ2n) is 12.8. The van der Waals surface area contributed by atoms with Crippen molar-refractivity contribution in [3.8, 4) is 0 Å². The smallest absolute Gasteiger partial charge is 0.222 e. The van der Waals surface area contributed by atoms with E-state index in [1.165, 1.54) is 11.1 Å². The second kappa shape index (κ2) is 13.6. The number of amides is 1. The van der Waals surface area contributed by atoms with Gasteiger partial charge in [0.25, 0.3) is 0 Å². The summed E-state index contributed by atoms with van der Waals surface area (Å²) in [5.74, 6) is 0.391. The Hall–Kier alpha value is -3.97. The molecule has 0 fully saturated rings. The Bertz CT molecular complexity index is 1810. The number of hydrogen-bond donors (Lipinski definition) is 3. The van der Waals surface area contributed by atoms with Gasteiger partial charge in [-0.1, -0.05) is 26.5 Å². The minimum absolute atomic E-state index is 0.100. The molecule has 0 saturated heterocycles. The van der Waals surface area contributed by atoms with Crippen molar-refractivity contribution in [3.63, 3.8) is 0 Å². The van der Waals surface area contributed by atoms with E-state index in [0.29, 0.717) is 13.0 Å². The van der Waals surface area contributed by atoms with Gasteiger partial charge in [-0.3, -0.25) is 9.78 Å². The standard InChI is InChI=1S/C38H49N5O2/c1-9-27-24(5)33-21-36-28(10-2)23(4)32(40-36)20-34-25(6)29(14-15-37(45)43(8)16-12-11-13-17-44)38(42-34)26(7)31-18-22(3)30(39-31)19-35(27)41-33/h10,18-21,25,29,40-41,44H,2,9,11-17H2,1,3-8H3/t25-,29-/m0/s1. The van der Waals surface area contributed by atoms with Gasteiger partial charge in [0.2, 0.25) is 5.91 Å². The van der Waals surface area contributed by atoms with E-state index in [0.717, 1.165) is 99.2 Å². The van der Waals surface area contributed by atoms with Gasteiger partial charge in [0.05, 0.1) is 11.4 Å². The Morgan fingerprint density at radius 1 is 0.978 bits per heavy atom. The fraction of sp³-hybridized carbons (Fsp3) is 0.447. The predicted octanol–water partition coefficient (Wildman–Crippen LogP) is 8.29. The highest BCUT2D eigenvalue weighted by Crippen LogP contribution is 2.42. The first-order valence-electron chi connectivity index (χ1n) is 16.5. The van der Waals surface area contributed by atoms with E-state index < -0.39 is 0 Å². The molecule has 0 unspecified atom stereocenters. The van der Waals surface area contributed by atoms with Crippen molar-refractivity contribution >= 4 is 45.7 Å². The number of hydrogen-bond acceptors (Lipinski definition) is 4. The molecule has 3 N–H and O–H groups in total. The lowest BCUT2D eigenvalue weighted by Crippen LogP contribution is -2.28. The zero-order valence-corrected chi connectivity index (χ0v) is 28.1. The summed E-state index contributed by atoms with van der Waals surface area (Å²) in [7, 11) is 1.89. The number of carbonyl (C=O) groups excluding carboxylic acids is 1. The highest BCUT2D eigenvalue weighted by atomic mass is 16.3. The molecule has 5 heterocycles. The number of nitrogens with one attached hydrogen (secondary N) is 2. The number of unbranched alkanes of at least 4 members (excludes halogenated alkanes) is 2. The monoisotopic (exact) mass is 607 g/mol. The summed E-state index contributed by atoms with van der Waals surface area (Å²) in [6.45, 7) is 18.0. The van der Waals surface area contributed by atoms with Crippen molar-refractivity contribution in [1.82, 2.24) is 24.8 Å². The first kappa shape index (κ1) is 32.4. The van der Waals surface area contributed by atoms with E-state index in [1.807, 2.05) is 18.0 Å². The molecule has 45 heavy (non-hydrogen) atoms. The van der Waals surface area contributed by atoms with Crippen molar-refractivity contribution in [2.75, 3.05) is 20.2 Å². The summed E-state index contributed by atoms with van der Waals surface area (Å²) in [4.78, 5) is 32.8. The second-order valence-corrected chi connectivity index (χ2v) is 12.8. The van der Waals surface area contributed by atoms with Gasteiger partial charge in [-0.05, 0) is 112 Å². The third kappa shape index (κ3) is 6.41. The fourth-order valence-corrected chi connectivity index (χ4v) is 6.92. The van der Waals surface area contributed by atoms with E-state index in [4.69, 9.17) is 15.1 Å². The van der Waals surface area contributed by atoms with Crippen LogP contribution in [-0.4, -0.2) is 56.0 Å². The Balaban J connectivity index is 1.67. The molecular formula is C38H49N5O2. The lowest BCUT2D eigenvalue weighted by atomic mass is 9.85. The quantitative estimate of drug-likeness (QED) is 0.202. The third-order valence-electron chi connectivity index (χ3n) is 9.92. The van der Waals surface area contributed by atoms with E-state index in [-0.39, 0.29) is 24.3 Å². The summed E-state index contributed by atoms with van der Waals surface area (Å²) in [5.41, 5.74) is 15.1. The number of aryl methyl sites for hydroxylation is 3. The number of nitrogens with zero attached hydrogens (tertiary/aromatic N) is 3. The van der Waals surface area contributed by atoms with E-state index in [1.54, 1.807) is 0 Å². The molecule has 8 bridgehead atoms. The average Bonchev–Trinajstić information content (AvgIpc) is 3.72. The number of aliphatic hydroxyl groups is 1. The van der Waals surface area contributed by atoms with Crippen LogP contribution in [0, 0.1) is 20.8 Å². The van der Waals surface area contributed by atoms with Gasteiger partial charge in [0.15, 0.2) is 0 Å². The van der Waals surface area contributed by atoms with Gasteiger partial charge in [-0.25, -0.2) is 4.98 Å². The van der Waals surface area contributed by atoms with Gasteiger partial charge >= 0.3 is 0 Å². The molecule has 2 aliphatic heterocycles. The van der Waals surface area contributed by atoms with Crippen LogP contribution in [0.3, 0.4) is 0 Å². The predicted molar refractivity (Wildman–Crippen MR) is 187 cm³/mol. The van der Waals surface area contributed by atoms with Crippen LogP contribution in [0.15, 0.2) is 24.8 Å². The lowest BCUT2D eigenvalue weighted by molar-refractivity contribution is -0.130. The minimum atomic E-state index is 0.100. The summed E-state index contributed by atoms with van der Waals surface area (Å²) in [5, 5.41) is 9.07. The number of aromatic nitrogens is 4. The van der Waals surface area contributed by atoms with Gasteiger partial charge in [0.1, 0.15) is 0 Å². The van der Waals surface area contributed by atoms with Crippen molar-refractivity contribution in [2.45, 2.75) is 91.9 Å². The van der Waals surface area contributed by atoms with Gasteiger partial charge in [0, 0.05) is 77.5 Å².